The van der Waals surface area contributed by atoms with Crippen LogP contribution in [0.3, 0.4) is 0 Å². The summed E-state index contributed by atoms with van der Waals surface area (Å²) in [5, 5.41) is 3.43. The molecule has 1 amide bonds. The van der Waals surface area contributed by atoms with Gasteiger partial charge in [-0.25, -0.2) is 15.3 Å². The van der Waals surface area contributed by atoms with E-state index in [0.29, 0.717) is 18.0 Å². The number of rotatable bonds is 10. The Kier molecular flexibility index (Phi) is 7.78. The number of carbonyl (C=O) groups excluding carboxylic acids is 1. The average molecular weight is 442 g/mol. The van der Waals surface area contributed by atoms with Gasteiger partial charge >= 0.3 is 0 Å². The van der Waals surface area contributed by atoms with Crippen LogP contribution in [0, 0.1) is 0 Å². The summed E-state index contributed by atoms with van der Waals surface area (Å²) in [4.78, 5) is 28.1. The molecule has 9 heteroatoms. The van der Waals surface area contributed by atoms with Gasteiger partial charge in [0.15, 0.2) is 6.29 Å². The van der Waals surface area contributed by atoms with Gasteiger partial charge in [0.2, 0.25) is 0 Å². The molecule has 2 N–H and O–H groups in total. The third-order valence-corrected chi connectivity index (χ3v) is 6.05. The monoisotopic (exact) mass is 441 g/mol. The Morgan fingerprint density at radius 3 is 3.10 bits per heavy atom. The van der Waals surface area contributed by atoms with Crippen molar-refractivity contribution in [3.63, 3.8) is 0 Å². The quantitative estimate of drug-likeness (QED) is 0.370. The average Bonchev–Trinajstić information content (AvgIpc) is 3.51. The van der Waals surface area contributed by atoms with Crippen molar-refractivity contribution in [2.45, 2.75) is 45.1 Å². The van der Waals surface area contributed by atoms with Crippen LogP contribution < -0.4 is 10.8 Å². The molecule has 1 fully saturated rings. The fourth-order valence-electron chi connectivity index (χ4n) is 3.31. The molecule has 3 aromatic rings. The number of hydrogen-bond acceptors (Lipinski definition) is 7. The highest BCUT2D eigenvalue weighted by molar-refractivity contribution is 7.17. The Bertz CT molecular complexity index is 954. The zero-order valence-electron chi connectivity index (χ0n) is 17.3. The number of hydroxylamine groups is 1. The minimum atomic E-state index is -0.358. The van der Waals surface area contributed by atoms with Gasteiger partial charge in [-0.15, -0.1) is 11.3 Å². The standard InChI is InChI=1S/C22H27N5O3S/c28-22(26-30-21-7-1-2-14-29-21)20-9-8-19(31-20)18-6-3-5-17(25-18)15-23-10-4-12-27-13-11-24-16-27/h3,5-6,8-9,11,13,16,21,23H,1-2,4,7,10,12,14-15H2,(H,26,28). The number of imidazole rings is 1. The second kappa shape index (κ2) is 11.1. The minimum Gasteiger partial charge on any atom is -0.350 e. The van der Waals surface area contributed by atoms with E-state index in [1.54, 1.807) is 12.3 Å². The third-order valence-electron chi connectivity index (χ3n) is 4.95. The van der Waals surface area contributed by atoms with Crippen molar-refractivity contribution >= 4 is 17.2 Å². The van der Waals surface area contributed by atoms with Crippen molar-refractivity contribution in [2.75, 3.05) is 13.2 Å². The van der Waals surface area contributed by atoms with Crippen molar-refractivity contribution in [1.29, 1.82) is 0 Å². The van der Waals surface area contributed by atoms with E-state index in [4.69, 9.17) is 14.6 Å². The normalized spacial score (nSPS) is 16.3. The first-order valence-electron chi connectivity index (χ1n) is 10.6. The molecular weight excluding hydrogens is 414 g/mol. The number of carbonyl (C=O) groups is 1. The van der Waals surface area contributed by atoms with Crippen LogP contribution >= 0.6 is 11.3 Å². The number of thiophene rings is 1. The Morgan fingerprint density at radius 1 is 1.29 bits per heavy atom. The minimum absolute atomic E-state index is 0.263. The maximum absolute atomic E-state index is 12.4. The molecule has 1 unspecified atom stereocenters. The molecular formula is C22H27N5O3S. The van der Waals surface area contributed by atoms with Crippen molar-refractivity contribution < 1.29 is 14.4 Å². The SMILES string of the molecule is O=C(NOC1CCCCO1)c1ccc(-c2cccc(CNCCCn3ccnc3)n2)s1. The number of ether oxygens (including phenoxy) is 1. The lowest BCUT2D eigenvalue weighted by Gasteiger charge is -2.21. The van der Waals surface area contributed by atoms with E-state index in [-0.39, 0.29) is 12.2 Å². The molecule has 0 aromatic carbocycles. The van der Waals surface area contributed by atoms with Crippen LogP contribution in [-0.4, -0.2) is 39.9 Å². The maximum atomic E-state index is 12.4. The van der Waals surface area contributed by atoms with Crippen molar-refractivity contribution in [2.24, 2.45) is 0 Å². The fourth-order valence-corrected chi connectivity index (χ4v) is 4.17. The molecule has 164 valence electrons. The summed E-state index contributed by atoms with van der Waals surface area (Å²) in [5.41, 5.74) is 4.33. The van der Waals surface area contributed by atoms with Gasteiger partial charge in [0.25, 0.3) is 5.91 Å². The van der Waals surface area contributed by atoms with Crippen LogP contribution in [0.25, 0.3) is 10.6 Å². The lowest BCUT2D eigenvalue weighted by molar-refractivity contribution is -0.186. The van der Waals surface area contributed by atoms with E-state index in [1.165, 1.54) is 11.3 Å². The van der Waals surface area contributed by atoms with Crippen LogP contribution in [0.15, 0.2) is 49.1 Å². The molecule has 1 aliphatic heterocycles. The number of amides is 1. The topological polar surface area (TPSA) is 90.3 Å². The predicted octanol–water partition coefficient (Wildman–Crippen LogP) is 3.37. The van der Waals surface area contributed by atoms with Gasteiger partial charge in [-0.2, -0.15) is 0 Å². The first kappa shape index (κ1) is 21.6. The molecule has 1 saturated heterocycles. The van der Waals surface area contributed by atoms with Gasteiger partial charge in [0.05, 0.1) is 27.5 Å². The highest BCUT2D eigenvalue weighted by Gasteiger charge is 2.17. The first-order chi connectivity index (χ1) is 15.3. The van der Waals surface area contributed by atoms with E-state index in [1.807, 2.05) is 36.8 Å². The molecule has 1 aliphatic rings. The van der Waals surface area contributed by atoms with E-state index in [9.17, 15) is 4.79 Å². The summed E-state index contributed by atoms with van der Waals surface area (Å²) in [6, 6.07) is 9.67. The zero-order valence-corrected chi connectivity index (χ0v) is 18.1. The Labute approximate surface area is 185 Å². The van der Waals surface area contributed by atoms with E-state index in [0.717, 1.165) is 55.0 Å². The van der Waals surface area contributed by atoms with Gasteiger partial charge in [0, 0.05) is 38.5 Å². The van der Waals surface area contributed by atoms with Crippen LogP contribution in [0.5, 0.6) is 0 Å². The summed E-state index contributed by atoms with van der Waals surface area (Å²) in [5.74, 6) is -0.263. The highest BCUT2D eigenvalue weighted by atomic mass is 32.1. The predicted molar refractivity (Wildman–Crippen MR) is 118 cm³/mol. The van der Waals surface area contributed by atoms with Gasteiger partial charge in [-0.05, 0) is 50.1 Å². The number of aryl methyl sites for hydroxylation is 1. The molecule has 0 saturated carbocycles. The maximum Gasteiger partial charge on any atom is 0.285 e. The number of hydrogen-bond donors (Lipinski definition) is 2. The van der Waals surface area contributed by atoms with Crippen LogP contribution in [0.4, 0.5) is 0 Å². The lowest BCUT2D eigenvalue weighted by Crippen LogP contribution is -2.32. The molecule has 0 bridgehead atoms. The molecule has 0 aliphatic carbocycles. The van der Waals surface area contributed by atoms with Crippen molar-refractivity contribution in [3.8, 4) is 10.6 Å². The molecule has 0 spiro atoms. The summed E-state index contributed by atoms with van der Waals surface area (Å²) in [7, 11) is 0. The molecule has 4 heterocycles. The molecule has 8 nitrogen and oxygen atoms in total. The second-order valence-corrected chi connectivity index (χ2v) is 8.44. The summed E-state index contributed by atoms with van der Waals surface area (Å²) < 4.78 is 7.53. The lowest BCUT2D eigenvalue weighted by atomic mass is 10.2. The highest BCUT2D eigenvalue weighted by Crippen LogP contribution is 2.27. The Balaban J connectivity index is 1.25. The number of pyridine rings is 1. The summed E-state index contributed by atoms with van der Waals surface area (Å²) in [6.45, 7) is 3.21. The zero-order chi connectivity index (χ0) is 21.3. The number of nitrogens with one attached hydrogen (secondary N) is 2. The third kappa shape index (κ3) is 6.44. The van der Waals surface area contributed by atoms with Gasteiger partial charge in [0.1, 0.15) is 0 Å². The van der Waals surface area contributed by atoms with E-state index in [2.05, 4.69) is 20.3 Å². The van der Waals surface area contributed by atoms with Gasteiger partial charge in [-0.1, -0.05) is 6.07 Å². The molecule has 3 aromatic heterocycles. The van der Waals surface area contributed by atoms with Crippen LogP contribution in [0.1, 0.15) is 41.0 Å². The number of aromatic nitrogens is 3. The molecule has 4 rings (SSSR count). The summed E-state index contributed by atoms with van der Waals surface area (Å²) >= 11 is 1.40. The fraction of sp³-hybridized carbons (Fsp3) is 0.409. The van der Waals surface area contributed by atoms with Crippen molar-refractivity contribution in [3.05, 3.63) is 59.6 Å². The Hall–Kier alpha value is -2.59. The van der Waals surface area contributed by atoms with Crippen LogP contribution in [-0.2, 0) is 22.7 Å². The van der Waals surface area contributed by atoms with Crippen LogP contribution in [0.2, 0.25) is 0 Å². The second-order valence-electron chi connectivity index (χ2n) is 7.35. The van der Waals surface area contributed by atoms with Gasteiger partial charge < -0.3 is 14.6 Å². The molecule has 31 heavy (non-hydrogen) atoms. The van der Waals surface area contributed by atoms with Crippen molar-refractivity contribution in [1.82, 2.24) is 25.3 Å². The van der Waals surface area contributed by atoms with Gasteiger partial charge in [-0.3, -0.25) is 9.78 Å². The Morgan fingerprint density at radius 2 is 2.26 bits per heavy atom. The molecule has 0 radical (unpaired) electrons. The molecule has 1 atom stereocenters. The number of nitrogens with zero attached hydrogens (tertiary/aromatic N) is 3. The largest absolute Gasteiger partial charge is 0.350 e. The van der Waals surface area contributed by atoms with E-state index >= 15 is 0 Å². The smallest absolute Gasteiger partial charge is 0.285 e. The van der Waals surface area contributed by atoms with E-state index < -0.39 is 0 Å². The first-order valence-corrected chi connectivity index (χ1v) is 11.4. The summed E-state index contributed by atoms with van der Waals surface area (Å²) in [6.07, 6.45) is 9.13.